The van der Waals surface area contributed by atoms with Crippen LogP contribution in [0, 0.1) is 5.82 Å². The van der Waals surface area contributed by atoms with Gasteiger partial charge < -0.3 is 23.8 Å². The van der Waals surface area contributed by atoms with Crippen LogP contribution in [0.25, 0.3) is 55.8 Å². The number of ether oxygens (including phenoxy) is 2. The van der Waals surface area contributed by atoms with Gasteiger partial charge in [0.25, 0.3) is 5.91 Å². The molecule has 0 aliphatic carbocycles. The molecule has 0 aliphatic heterocycles. The smallest absolute Gasteiger partial charge is 0.255 e. The van der Waals surface area contributed by atoms with E-state index in [4.69, 9.17) is 13.9 Å². The standard InChI is InChI=1S/C36H39FN6O6S2/c1-38-35(44)32-27-18-25(29(42(2)51(7,45)46)20-31(27)49-33(32)22-10-12-24(37)13-11-22)28-19-26(36(47-3)41-40-28)30-17-23-9-8-14-39-34(23)43(30)21-48-15-16-50(4,5)6/h8-14,17-20H,15-16,21H2,1-7H3,(H,38,44). The zero-order valence-electron chi connectivity index (χ0n) is 29.4. The van der Waals surface area contributed by atoms with Crippen LogP contribution >= 0.6 is 10.0 Å². The zero-order valence-corrected chi connectivity index (χ0v) is 31.0. The number of furan rings is 1. The Bertz CT molecular complexity index is 2370. The third kappa shape index (κ3) is 7.27. The van der Waals surface area contributed by atoms with Crippen LogP contribution in [0.1, 0.15) is 10.4 Å². The van der Waals surface area contributed by atoms with Crippen LogP contribution in [0.4, 0.5) is 10.1 Å². The molecule has 51 heavy (non-hydrogen) atoms. The van der Waals surface area contributed by atoms with Crippen molar-refractivity contribution in [2.45, 2.75) is 6.73 Å². The predicted octanol–water partition coefficient (Wildman–Crippen LogP) is 6.14. The molecule has 4 heterocycles. The quantitative estimate of drug-likeness (QED) is 0.147. The SMILES string of the molecule is CNC(=O)c1c(-c2ccc(F)cc2)oc2cc(N(C)S(C)(=O)=O)c(-c3cc(-c4cc5cccnc5n4COCCS(C)(C)C)c(OC)nn3)cc12. The summed E-state index contributed by atoms with van der Waals surface area (Å²) in [5.74, 6) is 0.467. The Balaban J connectivity index is 1.58. The lowest BCUT2D eigenvalue weighted by molar-refractivity contribution is 0.0933. The van der Waals surface area contributed by atoms with Gasteiger partial charge in [-0.2, -0.15) is 0 Å². The molecule has 0 bridgehead atoms. The largest absolute Gasteiger partial charge is 0.479 e. The topological polar surface area (TPSA) is 142 Å². The molecular weight excluding hydrogens is 696 g/mol. The van der Waals surface area contributed by atoms with Crippen LogP contribution < -0.4 is 14.4 Å². The summed E-state index contributed by atoms with van der Waals surface area (Å²) < 4.78 is 60.9. The highest BCUT2D eigenvalue weighted by Gasteiger charge is 2.27. The lowest BCUT2D eigenvalue weighted by Crippen LogP contribution is -2.25. The minimum Gasteiger partial charge on any atom is -0.479 e. The van der Waals surface area contributed by atoms with Gasteiger partial charge in [0.15, 0.2) is 0 Å². The van der Waals surface area contributed by atoms with Crippen molar-refractivity contribution >= 4 is 53.6 Å². The number of hydrogen-bond donors (Lipinski definition) is 1. The van der Waals surface area contributed by atoms with E-state index in [1.165, 1.54) is 45.5 Å². The number of benzene rings is 2. The Morgan fingerprint density at radius 2 is 1.76 bits per heavy atom. The second-order valence-electron chi connectivity index (χ2n) is 12.8. The van der Waals surface area contributed by atoms with E-state index in [2.05, 4.69) is 39.3 Å². The number of anilines is 1. The van der Waals surface area contributed by atoms with Gasteiger partial charge in [-0.05, 0) is 73.4 Å². The maximum Gasteiger partial charge on any atom is 0.255 e. The van der Waals surface area contributed by atoms with Crippen LogP contribution in [0.15, 0.2) is 71.3 Å². The number of halogens is 1. The average molecular weight is 735 g/mol. The molecule has 0 saturated heterocycles. The molecule has 268 valence electrons. The number of carbonyl (C=O) groups is 1. The van der Waals surface area contributed by atoms with Gasteiger partial charge in [-0.15, -0.1) is 10.2 Å². The monoisotopic (exact) mass is 734 g/mol. The van der Waals surface area contributed by atoms with Gasteiger partial charge in [-0.25, -0.2) is 27.8 Å². The van der Waals surface area contributed by atoms with Crippen LogP contribution in [0.5, 0.6) is 5.88 Å². The number of aromatic nitrogens is 4. The van der Waals surface area contributed by atoms with Crippen LogP contribution in [-0.2, 0) is 21.5 Å². The predicted molar refractivity (Wildman–Crippen MR) is 201 cm³/mol. The molecule has 0 unspecified atom stereocenters. The van der Waals surface area contributed by atoms with Crippen molar-refractivity contribution in [1.82, 2.24) is 25.1 Å². The summed E-state index contributed by atoms with van der Waals surface area (Å²) in [4.78, 5) is 18.0. The van der Waals surface area contributed by atoms with E-state index < -0.39 is 31.8 Å². The van der Waals surface area contributed by atoms with Crippen molar-refractivity contribution in [3.63, 3.8) is 0 Å². The van der Waals surface area contributed by atoms with Crippen LogP contribution in [0.2, 0.25) is 0 Å². The minimum absolute atomic E-state index is 0.191. The first kappa shape index (κ1) is 35.8. The number of nitrogens with one attached hydrogen (secondary N) is 1. The fourth-order valence-electron chi connectivity index (χ4n) is 5.68. The fourth-order valence-corrected chi connectivity index (χ4v) is 6.81. The molecule has 12 nitrogen and oxygen atoms in total. The maximum atomic E-state index is 13.8. The van der Waals surface area contributed by atoms with E-state index in [9.17, 15) is 17.6 Å². The van der Waals surface area contributed by atoms with Crippen molar-refractivity contribution in [3.8, 4) is 39.7 Å². The van der Waals surface area contributed by atoms with E-state index in [1.807, 2.05) is 22.8 Å². The molecule has 0 fully saturated rings. The van der Waals surface area contributed by atoms with Gasteiger partial charge in [0.2, 0.25) is 15.9 Å². The first-order valence-corrected chi connectivity index (χ1v) is 20.7. The summed E-state index contributed by atoms with van der Waals surface area (Å²) in [6.07, 6.45) is 9.51. The molecule has 0 radical (unpaired) electrons. The molecule has 0 atom stereocenters. The normalized spacial score (nSPS) is 12.4. The second kappa shape index (κ2) is 14.0. The maximum absolute atomic E-state index is 13.8. The third-order valence-electron chi connectivity index (χ3n) is 8.42. The van der Waals surface area contributed by atoms with Crippen molar-refractivity contribution in [2.75, 3.05) is 62.9 Å². The molecule has 6 aromatic rings. The van der Waals surface area contributed by atoms with E-state index in [0.717, 1.165) is 21.7 Å². The van der Waals surface area contributed by atoms with Gasteiger partial charge in [-0.3, -0.25) is 9.10 Å². The van der Waals surface area contributed by atoms with E-state index in [0.29, 0.717) is 45.7 Å². The third-order valence-corrected chi connectivity index (χ3v) is 11.0. The number of carbonyl (C=O) groups excluding carboxylic acids is 1. The molecule has 1 amide bonds. The molecule has 1 N–H and O–H groups in total. The first-order valence-electron chi connectivity index (χ1n) is 15.8. The summed E-state index contributed by atoms with van der Waals surface area (Å²) in [7, 11) is -0.147. The molecule has 2 aromatic carbocycles. The first-order chi connectivity index (χ1) is 24.2. The number of methoxy groups -OCH3 is 1. The Kier molecular flexibility index (Phi) is 9.81. The molecule has 0 spiro atoms. The average Bonchev–Trinajstić information content (AvgIpc) is 3.66. The lowest BCUT2D eigenvalue weighted by Gasteiger charge is -2.24. The van der Waals surface area contributed by atoms with Crippen molar-refractivity contribution in [3.05, 3.63) is 78.2 Å². The van der Waals surface area contributed by atoms with E-state index in [1.54, 1.807) is 24.4 Å². The highest BCUT2D eigenvalue weighted by Crippen LogP contribution is 2.43. The number of sulfonamides is 1. The van der Waals surface area contributed by atoms with Crippen molar-refractivity contribution in [2.24, 2.45) is 0 Å². The Morgan fingerprint density at radius 3 is 2.43 bits per heavy atom. The van der Waals surface area contributed by atoms with Crippen LogP contribution in [0.3, 0.4) is 0 Å². The molecule has 0 aliphatic rings. The highest BCUT2D eigenvalue weighted by molar-refractivity contribution is 8.32. The van der Waals surface area contributed by atoms with Gasteiger partial charge >= 0.3 is 0 Å². The number of rotatable bonds is 12. The molecular formula is C36H39FN6O6S2. The van der Waals surface area contributed by atoms with Gasteiger partial charge in [0, 0.05) is 54.0 Å². The molecule has 6 rings (SSSR count). The lowest BCUT2D eigenvalue weighted by atomic mass is 10.00. The number of nitrogens with zero attached hydrogens (tertiary/aromatic N) is 5. The summed E-state index contributed by atoms with van der Waals surface area (Å²) in [5.41, 5.74) is 3.74. The zero-order chi connectivity index (χ0) is 36.7. The molecule has 15 heteroatoms. The van der Waals surface area contributed by atoms with Gasteiger partial charge in [0.05, 0.1) is 48.2 Å². The summed E-state index contributed by atoms with van der Waals surface area (Å²) in [6, 6.07) is 16.3. The number of hydrogen-bond acceptors (Lipinski definition) is 9. The van der Waals surface area contributed by atoms with Crippen LogP contribution in [-0.4, -0.2) is 92.7 Å². The Hall–Kier alpha value is -4.99. The van der Waals surface area contributed by atoms with Crippen molar-refractivity contribution in [1.29, 1.82) is 0 Å². The Labute approximate surface area is 297 Å². The fraction of sp³-hybridized carbons (Fsp3) is 0.278. The van der Waals surface area contributed by atoms with Crippen molar-refractivity contribution < 1.29 is 31.5 Å². The number of pyridine rings is 1. The molecule has 0 saturated carbocycles. The van der Waals surface area contributed by atoms with E-state index in [-0.39, 0.29) is 35.2 Å². The highest BCUT2D eigenvalue weighted by atomic mass is 32.3. The number of amides is 1. The minimum atomic E-state index is -3.79. The Morgan fingerprint density at radius 1 is 1.02 bits per heavy atom. The molecule has 4 aromatic heterocycles. The second-order valence-corrected chi connectivity index (χ2v) is 19.5. The summed E-state index contributed by atoms with van der Waals surface area (Å²) in [5, 5.41) is 12.8. The van der Waals surface area contributed by atoms with Gasteiger partial charge in [0.1, 0.15) is 29.5 Å². The summed E-state index contributed by atoms with van der Waals surface area (Å²) in [6.45, 7) is 0.790. The van der Waals surface area contributed by atoms with Gasteiger partial charge in [-0.1, -0.05) is 0 Å². The summed E-state index contributed by atoms with van der Waals surface area (Å²) >= 11 is 0. The van der Waals surface area contributed by atoms with E-state index >= 15 is 0 Å². The number of fused-ring (bicyclic) bond motifs is 2.